The fourth-order valence-corrected chi connectivity index (χ4v) is 2.92. The maximum absolute atomic E-state index is 11.7. The van der Waals surface area contributed by atoms with Crippen LogP contribution < -0.4 is 10.6 Å². The zero-order valence-electron chi connectivity index (χ0n) is 10.8. The molecule has 0 aromatic heterocycles. The summed E-state index contributed by atoms with van der Waals surface area (Å²) in [6.07, 6.45) is 1.88. The van der Waals surface area contributed by atoms with E-state index >= 15 is 0 Å². The standard InChI is InChI=1S/C12H21N3O4/c16-10(11(17)18)3-5-13-12(19)14-8-4-7-15-6-1-2-9(8)15/h8-10,16H,1-7H2,(H,17,18)(H2,13,14,19). The molecule has 19 heavy (non-hydrogen) atoms. The Balaban J connectivity index is 1.66. The Hall–Kier alpha value is -1.34. The number of carboxylic acid groups (broad SMARTS) is 1. The molecule has 3 atom stereocenters. The molecule has 7 nitrogen and oxygen atoms in total. The number of carbonyl (C=O) groups excluding carboxylic acids is 1. The van der Waals surface area contributed by atoms with Gasteiger partial charge in [0.05, 0.1) is 0 Å². The molecule has 2 rings (SSSR count). The third-order valence-corrected chi connectivity index (χ3v) is 3.91. The minimum Gasteiger partial charge on any atom is -0.479 e. The van der Waals surface area contributed by atoms with E-state index in [1.807, 2.05) is 0 Å². The summed E-state index contributed by atoms with van der Waals surface area (Å²) in [6.45, 7) is 2.31. The summed E-state index contributed by atoms with van der Waals surface area (Å²) in [4.78, 5) is 24.5. The number of nitrogens with one attached hydrogen (secondary N) is 2. The lowest BCUT2D eigenvalue weighted by Gasteiger charge is -2.21. The van der Waals surface area contributed by atoms with E-state index in [0.717, 1.165) is 25.9 Å². The summed E-state index contributed by atoms with van der Waals surface area (Å²) in [5.74, 6) is -1.26. The van der Waals surface area contributed by atoms with Crippen molar-refractivity contribution < 1.29 is 19.8 Å². The fraction of sp³-hybridized carbons (Fsp3) is 0.833. The summed E-state index contributed by atoms with van der Waals surface area (Å²) in [5.41, 5.74) is 0. The van der Waals surface area contributed by atoms with Gasteiger partial charge in [-0.1, -0.05) is 0 Å². The van der Waals surface area contributed by atoms with Crippen LogP contribution in [0.15, 0.2) is 0 Å². The van der Waals surface area contributed by atoms with Gasteiger partial charge in [-0.2, -0.15) is 0 Å². The van der Waals surface area contributed by atoms with E-state index < -0.39 is 12.1 Å². The molecule has 108 valence electrons. The monoisotopic (exact) mass is 271 g/mol. The van der Waals surface area contributed by atoms with Crippen molar-refractivity contribution >= 4 is 12.0 Å². The molecule has 0 radical (unpaired) electrons. The summed E-state index contributed by atoms with van der Waals surface area (Å²) in [6, 6.07) is 0.360. The van der Waals surface area contributed by atoms with Crippen LogP contribution in [-0.2, 0) is 4.79 Å². The summed E-state index contributed by atoms with van der Waals surface area (Å²) < 4.78 is 0. The van der Waals surface area contributed by atoms with Crippen LogP contribution in [0.1, 0.15) is 25.7 Å². The van der Waals surface area contributed by atoms with Crippen LogP contribution >= 0.6 is 0 Å². The van der Waals surface area contributed by atoms with Crippen molar-refractivity contribution in [1.82, 2.24) is 15.5 Å². The number of amides is 2. The van der Waals surface area contributed by atoms with Gasteiger partial charge in [0.25, 0.3) is 0 Å². The van der Waals surface area contributed by atoms with Crippen molar-refractivity contribution in [2.45, 2.75) is 43.9 Å². The van der Waals surface area contributed by atoms with E-state index in [9.17, 15) is 9.59 Å². The second kappa shape index (κ2) is 6.21. The highest BCUT2D eigenvalue weighted by Gasteiger charge is 2.37. The average molecular weight is 271 g/mol. The SMILES string of the molecule is O=C(NCCC(O)C(=O)O)NC1CCN2CCCC12. The number of hydrogen-bond acceptors (Lipinski definition) is 4. The topological polar surface area (TPSA) is 102 Å². The largest absolute Gasteiger partial charge is 0.479 e. The number of hydrogen-bond donors (Lipinski definition) is 4. The van der Waals surface area contributed by atoms with Gasteiger partial charge in [-0.15, -0.1) is 0 Å². The molecule has 2 heterocycles. The maximum atomic E-state index is 11.7. The predicted octanol–water partition coefficient (Wildman–Crippen LogP) is -0.642. The van der Waals surface area contributed by atoms with Gasteiger partial charge >= 0.3 is 12.0 Å². The molecule has 0 saturated carbocycles. The molecule has 2 aliphatic heterocycles. The van der Waals surface area contributed by atoms with E-state index in [4.69, 9.17) is 10.2 Å². The summed E-state index contributed by atoms with van der Waals surface area (Å²) >= 11 is 0. The zero-order chi connectivity index (χ0) is 13.8. The molecule has 0 aliphatic carbocycles. The van der Waals surface area contributed by atoms with Gasteiger partial charge in [-0.3, -0.25) is 4.90 Å². The highest BCUT2D eigenvalue weighted by molar-refractivity contribution is 5.75. The van der Waals surface area contributed by atoms with Crippen LogP contribution in [0, 0.1) is 0 Å². The summed E-state index contributed by atoms with van der Waals surface area (Å²) in [5, 5.41) is 23.1. The number of rotatable bonds is 5. The van der Waals surface area contributed by atoms with Crippen molar-refractivity contribution in [2.24, 2.45) is 0 Å². The van der Waals surface area contributed by atoms with Crippen LogP contribution in [0.2, 0.25) is 0 Å². The van der Waals surface area contributed by atoms with Crippen LogP contribution in [0.4, 0.5) is 4.79 Å². The fourth-order valence-electron chi connectivity index (χ4n) is 2.92. The summed E-state index contributed by atoms with van der Waals surface area (Å²) in [7, 11) is 0. The predicted molar refractivity (Wildman–Crippen MR) is 67.8 cm³/mol. The number of carboxylic acids is 1. The Kier molecular flexibility index (Phi) is 4.60. The van der Waals surface area contributed by atoms with Crippen LogP contribution in [-0.4, -0.2) is 64.9 Å². The van der Waals surface area contributed by atoms with Crippen LogP contribution in [0.25, 0.3) is 0 Å². The van der Waals surface area contributed by atoms with Gasteiger partial charge in [0.15, 0.2) is 6.10 Å². The van der Waals surface area contributed by atoms with Crippen molar-refractivity contribution in [2.75, 3.05) is 19.6 Å². The average Bonchev–Trinajstić information content (AvgIpc) is 2.94. The number of aliphatic hydroxyl groups excluding tert-OH is 1. The molecule has 4 N–H and O–H groups in total. The lowest BCUT2D eigenvalue weighted by molar-refractivity contribution is -0.146. The van der Waals surface area contributed by atoms with Crippen molar-refractivity contribution in [3.8, 4) is 0 Å². The zero-order valence-corrected chi connectivity index (χ0v) is 10.8. The van der Waals surface area contributed by atoms with Crippen LogP contribution in [0.3, 0.4) is 0 Å². The van der Waals surface area contributed by atoms with E-state index in [1.54, 1.807) is 0 Å². The first-order chi connectivity index (χ1) is 9.08. The highest BCUT2D eigenvalue weighted by Crippen LogP contribution is 2.27. The number of nitrogens with zero attached hydrogens (tertiary/aromatic N) is 1. The number of aliphatic hydroxyl groups is 1. The van der Waals surface area contributed by atoms with Crippen molar-refractivity contribution in [3.05, 3.63) is 0 Å². The normalized spacial score (nSPS) is 27.8. The molecule has 3 unspecified atom stereocenters. The van der Waals surface area contributed by atoms with E-state index in [2.05, 4.69) is 15.5 Å². The second-order valence-electron chi connectivity index (χ2n) is 5.18. The molecule has 0 spiro atoms. The molecule has 7 heteroatoms. The Morgan fingerprint density at radius 2 is 2.11 bits per heavy atom. The number of aliphatic carboxylic acids is 1. The van der Waals surface area contributed by atoms with Gasteiger partial charge in [0.1, 0.15) is 0 Å². The first kappa shape index (κ1) is 14.1. The molecule has 0 aromatic carbocycles. The molecular formula is C12H21N3O4. The molecule has 2 fully saturated rings. The Morgan fingerprint density at radius 3 is 2.84 bits per heavy atom. The van der Waals surface area contributed by atoms with Gasteiger partial charge in [-0.25, -0.2) is 9.59 Å². The van der Waals surface area contributed by atoms with Gasteiger partial charge in [-0.05, 0) is 25.8 Å². The molecular weight excluding hydrogens is 250 g/mol. The first-order valence-corrected chi connectivity index (χ1v) is 6.77. The van der Waals surface area contributed by atoms with Crippen LogP contribution in [0.5, 0.6) is 0 Å². The minimum atomic E-state index is -1.42. The lowest BCUT2D eigenvalue weighted by Crippen LogP contribution is -2.47. The van der Waals surface area contributed by atoms with E-state index in [-0.39, 0.29) is 25.0 Å². The number of carbonyl (C=O) groups is 2. The lowest BCUT2D eigenvalue weighted by atomic mass is 10.1. The number of fused-ring (bicyclic) bond motifs is 1. The molecule has 2 saturated heterocycles. The van der Waals surface area contributed by atoms with Gasteiger partial charge < -0.3 is 20.8 Å². The minimum absolute atomic E-state index is 0.0168. The molecule has 0 bridgehead atoms. The Bertz CT molecular complexity index is 350. The van der Waals surface area contributed by atoms with Gasteiger partial charge in [0, 0.05) is 31.6 Å². The van der Waals surface area contributed by atoms with Crippen molar-refractivity contribution in [3.63, 3.8) is 0 Å². The Labute approximate surface area is 112 Å². The quantitative estimate of drug-likeness (QED) is 0.532. The molecule has 2 aliphatic rings. The second-order valence-corrected chi connectivity index (χ2v) is 5.18. The highest BCUT2D eigenvalue weighted by atomic mass is 16.4. The molecule has 0 aromatic rings. The van der Waals surface area contributed by atoms with Crippen molar-refractivity contribution in [1.29, 1.82) is 0 Å². The van der Waals surface area contributed by atoms with Gasteiger partial charge in [0.2, 0.25) is 0 Å². The smallest absolute Gasteiger partial charge is 0.332 e. The number of urea groups is 1. The van der Waals surface area contributed by atoms with E-state index in [1.165, 1.54) is 6.42 Å². The Morgan fingerprint density at radius 1 is 1.32 bits per heavy atom. The third kappa shape index (κ3) is 3.57. The van der Waals surface area contributed by atoms with E-state index in [0.29, 0.717) is 6.04 Å². The maximum Gasteiger partial charge on any atom is 0.332 e. The first-order valence-electron chi connectivity index (χ1n) is 6.77. The third-order valence-electron chi connectivity index (χ3n) is 3.91. The molecule has 2 amide bonds.